The molecule has 0 spiro atoms. The van der Waals surface area contributed by atoms with Crippen molar-refractivity contribution in [2.45, 2.75) is 45.3 Å². The van der Waals surface area contributed by atoms with Gasteiger partial charge in [-0.15, -0.1) is 0 Å². The minimum absolute atomic E-state index is 0.111. The van der Waals surface area contributed by atoms with E-state index in [1.54, 1.807) is 30.4 Å². The molecule has 1 aliphatic rings. The van der Waals surface area contributed by atoms with Gasteiger partial charge in [-0.25, -0.2) is 4.79 Å². The van der Waals surface area contributed by atoms with Crippen LogP contribution >= 0.6 is 11.6 Å². The molecule has 0 unspecified atom stereocenters. The van der Waals surface area contributed by atoms with Gasteiger partial charge in [0.05, 0.1) is 22.9 Å². The van der Waals surface area contributed by atoms with Crippen LogP contribution in [0.2, 0.25) is 5.02 Å². The molecule has 0 radical (unpaired) electrons. The van der Waals surface area contributed by atoms with E-state index in [1.807, 2.05) is 20.8 Å². The highest BCUT2D eigenvalue weighted by Gasteiger charge is 2.29. The molecule has 2 rings (SSSR count). The summed E-state index contributed by atoms with van der Waals surface area (Å²) in [7, 11) is 1.80. The Morgan fingerprint density at radius 2 is 2.23 bits per heavy atom. The fourth-order valence-electron chi connectivity index (χ4n) is 2.57. The Balaban J connectivity index is 2.04. The fourth-order valence-corrected chi connectivity index (χ4v) is 2.80. The standard InChI is InChI=1S/C16H24ClN3O2/c1-16(2,3)22-15(21)19(4)12-6-5-9-20(11-12)14-10-18-8-7-13(14)17/h7-8,10,12H,5-6,9,11H2,1-4H3/t12-/m0/s1. The zero-order chi connectivity index (χ0) is 16.3. The van der Waals surface area contributed by atoms with Gasteiger partial charge >= 0.3 is 6.09 Å². The zero-order valence-electron chi connectivity index (χ0n) is 13.7. The number of piperidine rings is 1. The number of aromatic nitrogens is 1. The number of nitrogens with zero attached hydrogens (tertiary/aromatic N) is 3. The monoisotopic (exact) mass is 325 g/mol. The van der Waals surface area contributed by atoms with Crippen LogP contribution < -0.4 is 4.90 Å². The molecule has 1 fully saturated rings. The average molecular weight is 326 g/mol. The minimum atomic E-state index is -0.480. The Morgan fingerprint density at radius 3 is 2.86 bits per heavy atom. The number of hydrogen-bond acceptors (Lipinski definition) is 4. The molecule has 1 amide bonds. The van der Waals surface area contributed by atoms with E-state index in [0.29, 0.717) is 5.02 Å². The number of carbonyl (C=O) groups excluding carboxylic acids is 1. The molecule has 1 aliphatic heterocycles. The van der Waals surface area contributed by atoms with Crippen LogP contribution in [-0.4, -0.2) is 47.8 Å². The van der Waals surface area contributed by atoms with Crippen LogP contribution in [0.3, 0.4) is 0 Å². The van der Waals surface area contributed by atoms with E-state index in [2.05, 4.69) is 9.88 Å². The number of anilines is 1. The smallest absolute Gasteiger partial charge is 0.410 e. The molecular formula is C16H24ClN3O2. The summed E-state index contributed by atoms with van der Waals surface area (Å²) in [5.41, 5.74) is 0.443. The summed E-state index contributed by atoms with van der Waals surface area (Å²) in [4.78, 5) is 20.2. The summed E-state index contributed by atoms with van der Waals surface area (Å²) in [6, 6.07) is 1.90. The first kappa shape index (κ1) is 16.9. The number of hydrogen-bond donors (Lipinski definition) is 0. The van der Waals surface area contributed by atoms with E-state index < -0.39 is 5.60 Å². The lowest BCUT2D eigenvalue weighted by molar-refractivity contribution is 0.0210. The van der Waals surface area contributed by atoms with Crippen molar-refractivity contribution in [3.63, 3.8) is 0 Å². The van der Waals surface area contributed by atoms with E-state index in [1.165, 1.54) is 0 Å². The van der Waals surface area contributed by atoms with E-state index in [9.17, 15) is 4.79 Å². The minimum Gasteiger partial charge on any atom is -0.444 e. The van der Waals surface area contributed by atoms with Crippen LogP contribution in [0.15, 0.2) is 18.5 Å². The van der Waals surface area contributed by atoms with Gasteiger partial charge in [0.2, 0.25) is 0 Å². The van der Waals surface area contributed by atoms with Crippen LogP contribution in [0.25, 0.3) is 0 Å². The molecule has 122 valence electrons. The fraction of sp³-hybridized carbons (Fsp3) is 0.625. The quantitative estimate of drug-likeness (QED) is 0.834. The van der Waals surface area contributed by atoms with Gasteiger partial charge in [-0.1, -0.05) is 11.6 Å². The van der Waals surface area contributed by atoms with E-state index in [-0.39, 0.29) is 12.1 Å². The largest absolute Gasteiger partial charge is 0.444 e. The van der Waals surface area contributed by atoms with Crippen molar-refractivity contribution in [2.24, 2.45) is 0 Å². The summed E-state index contributed by atoms with van der Waals surface area (Å²) in [5.74, 6) is 0. The lowest BCUT2D eigenvalue weighted by Gasteiger charge is -2.39. The first-order valence-electron chi connectivity index (χ1n) is 7.58. The van der Waals surface area contributed by atoms with Crippen molar-refractivity contribution in [1.82, 2.24) is 9.88 Å². The molecule has 0 bridgehead atoms. The lowest BCUT2D eigenvalue weighted by Crippen LogP contribution is -2.49. The number of rotatable bonds is 2. The number of amides is 1. The molecule has 22 heavy (non-hydrogen) atoms. The number of carbonyl (C=O) groups is 1. The van der Waals surface area contributed by atoms with Gasteiger partial charge in [0.25, 0.3) is 0 Å². The van der Waals surface area contributed by atoms with Gasteiger partial charge in [-0.2, -0.15) is 0 Å². The SMILES string of the molecule is CN(C(=O)OC(C)(C)C)[C@H]1CCCN(c2cnccc2Cl)C1. The van der Waals surface area contributed by atoms with Gasteiger partial charge in [0, 0.05) is 26.3 Å². The van der Waals surface area contributed by atoms with Gasteiger partial charge in [0.15, 0.2) is 0 Å². The third-order valence-corrected chi connectivity index (χ3v) is 4.03. The second-order valence-electron chi connectivity index (χ2n) is 6.66. The van der Waals surface area contributed by atoms with Gasteiger partial charge in [0.1, 0.15) is 5.60 Å². The molecule has 1 atom stereocenters. The summed E-state index contributed by atoms with van der Waals surface area (Å²) in [6.07, 6.45) is 5.14. The maximum Gasteiger partial charge on any atom is 0.410 e. The van der Waals surface area contributed by atoms with E-state index >= 15 is 0 Å². The van der Waals surface area contributed by atoms with Crippen LogP contribution in [-0.2, 0) is 4.74 Å². The normalized spacial score (nSPS) is 19.0. The predicted octanol–water partition coefficient (Wildman–Crippen LogP) is 3.57. The number of halogens is 1. The Hall–Kier alpha value is -1.49. The number of likely N-dealkylation sites (N-methyl/N-ethyl adjacent to an activating group) is 1. The average Bonchev–Trinajstić information content (AvgIpc) is 2.45. The Morgan fingerprint density at radius 1 is 1.50 bits per heavy atom. The molecule has 0 N–H and O–H groups in total. The summed E-state index contributed by atoms with van der Waals surface area (Å²) in [6.45, 7) is 7.29. The van der Waals surface area contributed by atoms with Crippen LogP contribution in [0.4, 0.5) is 10.5 Å². The molecular weight excluding hydrogens is 302 g/mol. The Bertz CT molecular complexity index is 530. The van der Waals surface area contributed by atoms with Gasteiger partial charge in [-0.05, 0) is 39.7 Å². The molecule has 0 aromatic carbocycles. The maximum atomic E-state index is 12.2. The van der Waals surface area contributed by atoms with Crippen molar-refractivity contribution in [1.29, 1.82) is 0 Å². The first-order chi connectivity index (χ1) is 10.3. The molecule has 6 heteroatoms. The Labute approximate surface area is 137 Å². The third kappa shape index (κ3) is 4.26. The highest BCUT2D eigenvalue weighted by molar-refractivity contribution is 6.33. The second kappa shape index (κ2) is 6.73. The summed E-state index contributed by atoms with van der Waals surface area (Å²) < 4.78 is 5.45. The molecule has 0 saturated carbocycles. The lowest BCUT2D eigenvalue weighted by atomic mass is 10.0. The molecule has 2 heterocycles. The van der Waals surface area contributed by atoms with Crippen molar-refractivity contribution in [3.8, 4) is 0 Å². The molecule has 1 saturated heterocycles. The van der Waals surface area contributed by atoms with E-state index in [4.69, 9.17) is 16.3 Å². The van der Waals surface area contributed by atoms with Crippen molar-refractivity contribution in [2.75, 3.05) is 25.0 Å². The topological polar surface area (TPSA) is 45.7 Å². The van der Waals surface area contributed by atoms with Gasteiger partial charge in [-0.3, -0.25) is 4.98 Å². The highest BCUT2D eigenvalue weighted by atomic mass is 35.5. The number of ether oxygens (including phenoxy) is 1. The van der Waals surface area contributed by atoms with Crippen molar-refractivity contribution >= 4 is 23.4 Å². The van der Waals surface area contributed by atoms with Crippen LogP contribution in [0, 0.1) is 0 Å². The second-order valence-corrected chi connectivity index (χ2v) is 7.07. The molecule has 1 aromatic heterocycles. The summed E-state index contributed by atoms with van der Waals surface area (Å²) >= 11 is 6.25. The van der Waals surface area contributed by atoms with Crippen LogP contribution in [0.1, 0.15) is 33.6 Å². The first-order valence-corrected chi connectivity index (χ1v) is 7.96. The molecule has 1 aromatic rings. The third-order valence-electron chi connectivity index (χ3n) is 3.71. The summed E-state index contributed by atoms with van der Waals surface area (Å²) in [5, 5.41) is 0.690. The maximum absolute atomic E-state index is 12.2. The van der Waals surface area contributed by atoms with Gasteiger partial charge < -0.3 is 14.5 Å². The predicted molar refractivity (Wildman–Crippen MR) is 88.5 cm³/mol. The van der Waals surface area contributed by atoms with E-state index in [0.717, 1.165) is 31.6 Å². The van der Waals surface area contributed by atoms with Crippen molar-refractivity contribution < 1.29 is 9.53 Å². The number of pyridine rings is 1. The zero-order valence-corrected chi connectivity index (χ0v) is 14.4. The Kier molecular flexibility index (Phi) is 5.16. The highest BCUT2D eigenvalue weighted by Crippen LogP contribution is 2.28. The molecule has 5 nitrogen and oxygen atoms in total. The molecule has 0 aliphatic carbocycles. The van der Waals surface area contributed by atoms with Crippen LogP contribution in [0.5, 0.6) is 0 Å². The van der Waals surface area contributed by atoms with Crippen molar-refractivity contribution in [3.05, 3.63) is 23.5 Å².